The molecule has 0 unspecified atom stereocenters. The minimum absolute atomic E-state index is 0.0223. The second-order valence-electron chi connectivity index (χ2n) is 2.08. The number of benzene rings is 1. The van der Waals surface area contributed by atoms with Crippen molar-refractivity contribution in [3.8, 4) is 11.5 Å². The van der Waals surface area contributed by atoms with E-state index in [1.54, 1.807) is 0 Å². The number of hydrogen-bond acceptors (Lipinski definition) is 3. The predicted molar refractivity (Wildman–Crippen MR) is 45.2 cm³/mol. The lowest BCUT2D eigenvalue weighted by Crippen LogP contribution is -1.83. The number of halogens is 2. The number of aromatic hydroxyl groups is 2. The Morgan fingerprint density at radius 2 is 1.83 bits per heavy atom. The molecule has 0 atom stereocenters. The molecule has 5 heteroatoms. The van der Waals surface area contributed by atoms with Crippen molar-refractivity contribution in [2.24, 2.45) is 0 Å². The van der Waals surface area contributed by atoms with Crippen LogP contribution in [0.2, 0.25) is 10.0 Å². The first-order valence-electron chi connectivity index (χ1n) is 2.93. The zero-order chi connectivity index (χ0) is 9.30. The van der Waals surface area contributed by atoms with Gasteiger partial charge >= 0.3 is 0 Å². The van der Waals surface area contributed by atoms with Crippen LogP contribution in [0.1, 0.15) is 10.4 Å². The fourth-order valence-electron chi connectivity index (χ4n) is 0.712. The van der Waals surface area contributed by atoms with Crippen LogP contribution in [0.25, 0.3) is 0 Å². The van der Waals surface area contributed by atoms with Gasteiger partial charge in [-0.1, -0.05) is 23.2 Å². The monoisotopic (exact) mass is 206 g/mol. The molecule has 0 saturated heterocycles. The molecule has 0 aliphatic carbocycles. The molecule has 3 nitrogen and oxygen atoms in total. The highest BCUT2D eigenvalue weighted by molar-refractivity contribution is 6.43. The lowest BCUT2D eigenvalue weighted by Gasteiger charge is -2.03. The molecular formula is C7H4Cl2O3. The van der Waals surface area contributed by atoms with E-state index in [0.717, 1.165) is 0 Å². The van der Waals surface area contributed by atoms with E-state index in [1.165, 1.54) is 6.07 Å². The molecule has 0 saturated carbocycles. The summed E-state index contributed by atoms with van der Waals surface area (Å²) in [5.74, 6) is -1.13. The highest BCUT2D eigenvalue weighted by Crippen LogP contribution is 2.40. The first-order chi connectivity index (χ1) is 5.57. The van der Waals surface area contributed by atoms with Crippen molar-refractivity contribution < 1.29 is 15.0 Å². The van der Waals surface area contributed by atoms with E-state index in [1.807, 2.05) is 0 Å². The molecule has 0 aliphatic rings. The van der Waals surface area contributed by atoms with Crippen LogP contribution >= 0.6 is 23.2 Å². The fourth-order valence-corrected chi connectivity index (χ4v) is 1.06. The number of carbonyl (C=O) groups is 1. The molecule has 0 heterocycles. The van der Waals surface area contributed by atoms with E-state index in [4.69, 9.17) is 33.4 Å². The third kappa shape index (κ3) is 1.33. The molecule has 0 amide bonds. The highest BCUT2D eigenvalue weighted by Gasteiger charge is 2.13. The van der Waals surface area contributed by atoms with Crippen molar-refractivity contribution >= 4 is 29.5 Å². The number of phenols is 2. The maximum atomic E-state index is 10.3. The molecule has 0 fully saturated rings. The smallest absolute Gasteiger partial charge is 0.178 e. The van der Waals surface area contributed by atoms with Gasteiger partial charge in [0.1, 0.15) is 5.02 Å². The van der Waals surface area contributed by atoms with Gasteiger partial charge in [-0.3, -0.25) is 4.79 Å². The maximum absolute atomic E-state index is 10.3. The number of phenolic OH excluding ortho intramolecular Hbond substituents is 2. The van der Waals surface area contributed by atoms with Crippen molar-refractivity contribution in [1.29, 1.82) is 0 Å². The van der Waals surface area contributed by atoms with Crippen LogP contribution in [0.15, 0.2) is 6.07 Å². The second kappa shape index (κ2) is 3.21. The van der Waals surface area contributed by atoms with Crippen LogP contribution in [0.5, 0.6) is 11.5 Å². The van der Waals surface area contributed by atoms with Gasteiger partial charge in [0, 0.05) is 0 Å². The molecule has 64 valence electrons. The Labute approximate surface area is 78.2 Å². The van der Waals surface area contributed by atoms with E-state index in [2.05, 4.69) is 0 Å². The first kappa shape index (κ1) is 9.16. The van der Waals surface area contributed by atoms with Gasteiger partial charge < -0.3 is 10.2 Å². The Morgan fingerprint density at radius 1 is 1.25 bits per heavy atom. The number of rotatable bonds is 1. The lowest BCUT2D eigenvalue weighted by molar-refractivity contribution is 0.112. The summed E-state index contributed by atoms with van der Waals surface area (Å²) in [6.07, 6.45) is 0.372. The molecule has 0 spiro atoms. The van der Waals surface area contributed by atoms with Gasteiger partial charge in [0.25, 0.3) is 0 Å². The quantitative estimate of drug-likeness (QED) is 0.548. The van der Waals surface area contributed by atoms with Crippen molar-refractivity contribution in [2.75, 3.05) is 0 Å². The molecule has 0 aliphatic heterocycles. The van der Waals surface area contributed by atoms with E-state index in [-0.39, 0.29) is 15.6 Å². The molecule has 0 bridgehead atoms. The molecule has 1 rings (SSSR count). The van der Waals surface area contributed by atoms with Gasteiger partial charge in [-0.05, 0) is 6.07 Å². The van der Waals surface area contributed by atoms with Crippen molar-refractivity contribution in [3.63, 3.8) is 0 Å². The van der Waals surface area contributed by atoms with Gasteiger partial charge in [0.05, 0.1) is 10.6 Å². The standard InChI is InChI=1S/C7H4Cl2O3/c8-4-1-3(2-10)6(11)7(12)5(4)9/h1-2,11-12H. The zero-order valence-corrected chi connectivity index (χ0v) is 7.23. The summed E-state index contributed by atoms with van der Waals surface area (Å²) < 4.78 is 0. The topological polar surface area (TPSA) is 57.5 Å². The SMILES string of the molecule is O=Cc1cc(Cl)c(Cl)c(O)c1O. The van der Waals surface area contributed by atoms with E-state index < -0.39 is 11.5 Å². The van der Waals surface area contributed by atoms with Gasteiger partial charge in [-0.2, -0.15) is 0 Å². The largest absolute Gasteiger partial charge is 0.504 e. The van der Waals surface area contributed by atoms with Crippen LogP contribution in [0, 0.1) is 0 Å². The Kier molecular flexibility index (Phi) is 2.45. The highest BCUT2D eigenvalue weighted by atomic mass is 35.5. The van der Waals surface area contributed by atoms with Crippen LogP contribution in [-0.2, 0) is 0 Å². The minimum Gasteiger partial charge on any atom is -0.504 e. The predicted octanol–water partition coefficient (Wildman–Crippen LogP) is 2.22. The average molecular weight is 207 g/mol. The number of hydrogen-bond donors (Lipinski definition) is 2. The summed E-state index contributed by atoms with van der Waals surface area (Å²) in [7, 11) is 0. The third-order valence-corrected chi connectivity index (χ3v) is 2.10. The summed E-state index contributed by atoms with van der Waals surface area (Å²) in [6.45, 7) is 0. The Bertz CT molecular complexity index is 336. The van der Waals surface area contributed by atoms with Crippen LogP contribution in [0.3, 0.4) is 0 Å². The van der Waals surface area contributed by atoms with Crippen molar-refractivity contribution in [2.45, 2.75) is 0 Å². The zero-order valence-electron chi connectivity index (χ0n) is 5.71. The molecule has 0 aromatic heterocycles. The first-order valence-corrected chi connectivity index (χ1v) is 3.68. The molecule has 2 N–H and O–H groups in total. The normalized spacial score (nSPS) is 9.83. The Balaban J connectivity index is 3.49. The van der Waals surface area contributed by atoms with Gasteiger partial charge in [0.15, 0.2) is 17.8 Å². The minimum atomic E-state index is -0.578. The van der Waals surface area contributed by atoms with Crippen LogP contribution < -0.4 is 0 Å². The van der Waals surface area contributed by atoms with Crippen molar-refractivity contribution in [1.82, 2.24) is 0 Å². The summed E-state index contributed by atoms with van der Waals surface area (Å²) >= 11 is 11.0. The van der Waals surface area contributed by atoms with E-state index in [9.17, 15) is 4.79 Å². The molecule has 1 aromatic carbocycles. The van der Waals surface area contributed by atoms with Crippen molar-refractivity contribution in [3.05, 3.63) is 21.7 Å². The Hall–Kier alpha value is -0.930. The average Bonchev–Trinajstić information content (AvgIpc) is 2.08. The summed E-state index contributed by atoms with van der Waals surface area (Å²) in [6, 6.07) is 1.17. The van der Waals surface area contributed by atoms with Gasteiger partial charge in [-0.25, -0.2) is 0 Å². The summed E-state index contributed by atoms with van der Waals surface area (Å²) in [5, 5.41) is 18.0. The lowest BCUT2D eigenvalue weighted by atomic mass is 10.2. The van der Waals surface area contributed by atoms with Gasteiger partial charge in [0.2, 0.25) is 0 Å². The molecule has 0 radical (unpaired) electrons. The molecule has 1 aromatic rings. The second-order valence-corrected chi connectivity index (χ2v) is 2.86. The maximum Gasteiger partial charge on any atom is 0.178 e. The van der Waals surface area contributed by atoms with E-state index in [0.29, 0.717) is 6.29 Å². The number of carbonyl (C=O) groups excluding carboxylic acids is 1. The summed E-state index contributed by atoms with van der Waals surface area (Å²) in [5.41, 5.74) is -0.0955. The molecule has 12 heavy (non-hydrogen) atoms. The van der Waals surface area contributed by atoms with Crippen LogP contribution in [-0.4, -0.2) is 16.5 Å². The van der Waals surface area contributed by atoms with Crippen LogP contribution in [0.4, 0.5) is 0 Å². The summed E-state index contributed by atoms with van der Waals surface area (Å²) in [4.78, 5) is 10.3. The molecular weight excluding hydrogens is 203 g/mol. The van der Waals surface area contributed by atoms with Gasteiger partial charge in [-0.15, -0.1) is 0 Å². The Morgan fingerprint density at radius 3 is 2.33 bits per heavy atom. The number of aldehydes is 1. The third-order valence-electron chi connectivity index (χ3n) is 1.32. The van der Waals surface area contributed by atoms with E-state index >= 15 is 0 Å². The fraction of sp³-hybridized carbons (Fsp3) is 0.